The molecule has 5 nitrogen and oxygen atoms in total. The molecule has 0 unspecified atom stereocenters. The van der Waals surface area contributed by atoms with Crippen molar-refractivity contribution in [3.8, 4) is 17.1 Å². The summed E-state index contributed by atoms with van der Waals surface area (Å²) in [4.78, 5) is 26.7. The summed E-state index contributed by atoms with van der Waals surface area (Å²) in [6.07, 6.45) is 1.60. The molecule has 3 aromatic rings. The lowest BCUT2D eigenvalue weighted by molar-refractivity contribution is -0.113. The Morgan fingerprint density at radius 3 is 2.45 bits per heavy atom. The average Bonchev–Trinajstić information content (AvgIpc) is 3.28. The summed E-state index contributed by atoms with van der Waals surface area (Å²) < 4.78 is 12.2. The zero-order valence-electron chi connectivity index (χ0n) is 15.4. The number of furan rings is 1. The van der Waals surface area contributed by atoms with Crippen LogP contribution in [0.25, 0.3) is 17.4 Å². The SMILES string of the molecule is CCOc1ccc(N2C(=O)S/C(=C/c3ccc(-c4ccc(Br)cc4)o3)C2=O)cc1. The van der Waals surface area contributed by atoms with E-state index in [0.29, 0.717) is 34.5 Å². The summed E-state index contributed by atoms with van der Waals surface area (Å²) in [6.45, 7) is 2.45. The van der Waals surface area contributed by atoms with Gasteiger partial charge in [0, 0.05) is 16.1 Å². The molecule has 0 N–H and O–H groups in total. The highest BCUT2D eigenvalue weighted by atomic mass is 79.9. The number of amides is 2. The van der Waals surface area contributed by atoms with Crippen LogP contribution in [0.2, 0.25) is 0 Å². The van der Waals surface area contributed by atoms with E-state index in [9.17, 15) is 9.59 Å². The van der Waals surface area contributed by atoms with Gasteiger partial charge in [-0.25, -0.2) is 4.90 Å². The molecular weight excluding hydrogens is 454 g/mol. The fraction of sp³-hybridized carbons (Fsp3) is 0.0909. The Bertz CT molecular complexity index is 1090. The number of anilines is 1. The lowest BCUT2D eigenvalue weighted by atomic mass is 10.2. The molecule has 7 heteroatoms. The number of hydrogen-bond acceptors (Lipinski definition) is 5. The Labute approximate surface area is 180 Å². The van der Waals surface area contributed by atoms with Crippen molar-refractivity contribution in [2.45, 2.75) is 6.92 Å². The summed E-state index contributed by atoms with van der Waals surface area (Å²) >= 11 is 4.30. The lowest BCUT2D eigenvalue weighted by Gasteiger charge is -2.13. The predicted molar refractivity (Wildman–Crippen MR) is 118 cm³/mol. The van der Waals surface area contributed by atoms with Crippen molar-refractivity contribution in [3.63, 3.8) is 0 Å². The highest BCUT2D eigenvalue weighted by Gasteiger charge is 2.36. The second-order valence-corrected chi connectivity index (χ2v) is 8.06. The van der Waals surface area contributed by atoms with Gasteiger partial charge in [0.15, 0.2) is 0 Å². The van der Waals surface area contributed by atoms with E-state index < -0.39 is 0 Å². The highest BCUT2D eigenvalue weighted by molar-refractivity contribution is 9.10. The maximum Gasteiger partial charge on any atom is 0.298 e. The maximum atomic E-state index is 12.8. The third-order valence-electron chi connectivity index (χ3n) is 4.23. The van der Waals surface area contributed by atoms with Gasteiger partial charge in [-0.1, -0.05) is 28.1 Å². The second-order valence-electron chi connectivity index (χ2n) is 6.15. The molecule has 1 aromatic heterocycles. The van der Waals surface area contributed by atoms with E-state index in [1.165, 1.54) is 0 Å². The fourth-order valence-electron chi connectivity index (χ4n) is 2.88. The van der Waals surface area contributed by atoms with E-state index in [0.717, 1.165) is 26.7 Å². The molecular formula is C22H16BrNO4S. The molecule has 1 fully saturated rings. The van der Waals surface area contributed by atoms with Crippen LogP contribution in [-0.2, 0) is 4.79 Å². The van der Waals surface area contributed by atoms with Crippen LogP contribution in [0.15, 0.2) is 74.5 Å². The molecule has 1 aliphatic heterocycles. The first-order valence-electron chi connectivity index (χ1n) is 8.92. The summed E-state index contributed by atoms with van der Waals surface area (Å²) in [5.74, 6) is 1.52. The fourth-order valence-corrected chi connectivity index (χ4v) is 3.96. The van der Waals surface area contributed by atoms with Crippen molar-refractivity contribution < 1.29 is 18.7 Å². The van der Waals surface area contributed by atoms with Crippen molar-refractivity contribution in [2.75, 3.05) is 11.5 Å². The van der Waals surface area contributed by atoms with Gasteiger partial charge in [-0.3, -0.25) is 9.59 Å². The predicted octanol–water partition coefficient (Wildman–Crippen LogP) is 6.35. The van der Waals surface area contributed by atoms with Crippen molar-refractivity contribution in [1.82, 2.24) is 0 Å². The number of rotatable bonds is 5. The normalized spacial score (nSPS) is 15.4. The molecule has 0 bridgehead atoms. The van der Waals surface area contributed by atoms with Gasteiger partial charge in [0.05, 0.1) is 17.2 Å². The van der Waals surface area contributed by atoms with Gasteiger partial charge in [0.25, 0.3) is 11.1 Å². The van der Waals surface area contributed by atoms with Crippen LogP contribution in [0.4, 0.5) is 10.5 Å². The van der Waals surface area contributed by atoms with E-state index in [2.05, 4.69) is 15.9 Å². The first kappa shape index (κ1) is 19.5. The Morgan fingerprint density at radius 2 is 1.76 bits per heavy atom. The molecule has 2 amide bonds. The van der Waals surface area contributed by atoms with E-state index in [1.807, 2.05) is 37.3 Å². The Morgan fingerprint density at radius 1 is 1.03 bits per heavy atom. The van der Waals surface area contributed by atoms with Crippen molar-refractivity contribution in [2.24, 2.45) is 0 Å². The largest absolute Gasteiger partial charge is 0.494 e. The van der Waals surface area contributed by atoms with Crippen LogP contribution in [0.1, 0.15) is 12.7 Å². The lowest BCUT2D eigenvalue weighted by Crippen LogP contribution is -2.27. The number of carbonyl (C=O) groups is 2. The Kier molecular flexibility index (Phi) is 5.60. The third kappa shape index (κ3) is 4.16. The minimum absolute atomic E-state index is 0.320. The van der Waals surface area contributed by atoms with Gasteiger partial charge < -0.3 is 9.15 Å². The molecule has 0 spiro atoms. The van der Waals surface area contributed by atoms with Gasteiger partial charge in [-0.05, 0) is 67.2 Å². The van der Waals surface area contributed by atoms with E-state index in [4.69, 9.17) is 9.15 Å². The molecule has 1 saturated heterocycles. The molecule has 2 heterocycles. The van der Waals surface area contributed by atoms with Crippen molar-refractivity contribution >= 4 is 50.6 Å². The standard InChI is InChI=1S/C22H16BrNO4S/c1-2-27-17-9-7-16(8-10-17)24-21(25)20(29-22(24)26)13-18-11-12-19(28-18)14-3-5-15(23)6-4-14/h3-13H,2H2,1H3/b20-13+. The monoisotopic (exact) mass is 469 g/mol. The van der Waals surface area contributed by atoms with Crippen LogP contribution < -0.4 is 9.64 Å². The van der Waals surface area contributed by atoms with Gasteiger partial charge in [0.1, 0.15) is 17.3 Å². The number of hydrogen-bond donors (Lipinski definition) is 0. The Hall–Kier alpha value is -2.77. The molecule has 0 aliphatic carbocycles. The smallest absolute Gasteiger partial charge is 0.298 e. The van der Waals surface area contributed by atoms with Crippen LogP contribution in [-0.4, -0.2) is 17.8 Å². The molecule has 146 valence electrons. The molecule has 0 saturated carbocycles. The van der Waals surface area contributed by atoms with Crippen molar-refractivity contribution in [1.29, 1.82) is 0 Å². The minimum atomic E-state index is -0.370. The van der Waals surface area contributed by atoms with Crippen LogP contribution in [0.3, 0.4) is 0 Å². The Balaban J connectivity index is 1.55. The number of ether oxygens (including phenoxy) is 1. The zero-order valence-corrected chi connectivity index (χ0v) is 17.8. The number of thioether (sulfide) groups is 1. The third-order valence-corrected chi connectivity index (χ3v) is 5.63. The van der Waals surface area contributed by atoms with Crippen molar-refractivity contribution in [3.05, 3.63) is 75.8 Å². The second kappa shape index (κ2) is 8.31. The van der Waals surface area contributed by atoms with Crippen LogP contribution >= 0.6 is 27.7 Å². The zero-order chi connectivity index (χ0) is 20.4. The maximum absolute atomic E-state index is 12.8. The summed E-state index contributed by atoms with van der Waals surface area (Å²) in [7, 11) is 0. The number of nitrogens with zero attached hydrogens (tertiary/aromatic N) is 1. The average molecular weight is 470 g/mol. The van der Waals surface area contributed by atoms with E-state index >= 15 is 0 Å². The van der Waals surface area contributed by atoms with Gasteiger partial charge in [-0.15, -0.1) is 0 Å². The van der Waals surface area contributed by atoms with Gasteiger partial charge in [-0.2, -0.15) is 0 Å². The topological polar surface area (TPSA) is 59.8 Å². The highest BCUT2D eigenvalue weighted by Crippen LogP contribution is 2.37. The summed E-state index contributed by atoms with van der Waals surface area (Å²) in [5.41, 5.74) is 1.43. The quantitative estimate of drug-likeness (QED) is 0.407. The minimum Gasteiger partial charge on any atom is -0.494 e. The first-order chi connectivity index (χ1) is 14.0. The summed E-state index contributed by atoms with van der Waals surface area (Å²) in [5, 5.41) is -0.343. The van der Waals surface area contributed by atoms with E-state index in [-0.39, 0.29) is 11.1 Å². The van der Waals surface area contributed by atoms with Gasteiger partial charge in [0.2, 0.25) is 0 Å². The number of imide groups is 1. The van der Waals surface area contributed by atoms with Crippen LogP contribution in [0, 0.1) is 0 Å². The molecule has 29 heavy (non-hydrogen) atoms. The number of carbonyl (C=O) groups excluding carboxylic acids is 2. The summed E-state index contributed by atoms with van der Waals surface area (Å²) in [6, 6.07) is 18.2. The molecule has 0 atom stereocenters. The molecule has 4 rings (SSSR count). The molecule has 0 radical (unpaired) electrons. The first-order valence-corrected chi connectivity index (χ1v) is 10.5. The van der Waals surface area contributed by atoms with E-state index in [1.54, 1.807) is 36.4 Å². The number of halogens is 1. The molecule has 2 aromatic carbocycles. The number of benzene rings is 2. The van der Waals surface area contributed by atoms with Crippen LogP contribution in [0.5, 0.6) is 5.75 Å². The molecule has 1 aliphatic rings. The van der Waals surface area contributed by atoms with Gasteiger partial charge >= 0.3 is 0 Å².